The monoisotopic (exact) mass is 192 g/mol. The van der Waals surface area contributed by atoms with Crippen molar-refractivity contribution in [3.63, 3.8) is 0 Å². The molecular formula is C8H16O3S. The third-order valence-corrected chi connectivity index (χ3v) is 3.58. The molecule has 0 radical (unpaired) electrons. The first-order valence-electron chi connectivity index (χ1n) is 4.13. The van der Waals surface area contributed by atoms with E-state index in [1.807, 2.05) is 6.92 Å². The van der Waals surface area contributed by atoms with Gasteiger partial charge in [0, 0.05) is 16.4 Å². The van der Waals surface area contributed by atoms with Crippen molar-refractivity contribution in [1.29, 1.82) is 0 Å². The molecule has 0 aromatic heterocycles. The second-order valence-corrected chi connectivity index (χ2v) is 4.88. The lowest BCUT2D eigenvalue weighted by atomic mass is 9.90. The molecule has 1 atom stereocenters. The number of ether oxygens (including phenoxy) is 1. The van der Waals surface area contributed by atoms with Crippen molar-refractivity contribution < 1.29 is 14.9 Å². The maximum absolute atomic E-state index is 9.07. The van der Waals surface area contributed by atoms with Crippen molar-refractivity contribution in [3.05, 3.63) is 0 Å². The second-order valence-electron chi connectivity index (χ2n) is 3.46. The van der Waals surface area contributed by atoms with E-state index < -0.39 is 0 Å². The molecule has 1 aliphatic rings. The predicted octanol–water partition coefficient (Wildman–Crippen LogP) is 0.109. The van der Waals surface area contributed by atoms with Crippen LogP contribution < -0.4 is 0 Å². The molecule has 0 amide bonds. The first kappa shape index (κ1) is 10.3. The number of rotatable bonds is 5. The lowest BCUT2D eigenvalue weighted by molar-refractivity contribution is -0.121. The summed E-state index contributed by atoms with van der Waals surface area (Å²) in [6.07, 6.45) is 0. The van der Waals surface area contributed by atoms with Crippen molar-refractivity contribution in [2.45, 2.75) is 12.2 Å². The van der Waals surface area contributed by atoms with Crippen LogP contribution in [0.25, 0.3) is 0 Å². The van der Waals surface area contributed by atoms with Gasteiger partial charge in [-0.1, -0.05) is 6.92 Å². The molecule has 1 saturated heterocycles. The van der Waals surface area contributed by atoms with Crippen LogP contribution in [0.5, 0.6) is 0 Å². The van der Waals surface area contributed by atoms with Gasteiger partial charge in [-0.3, -0.25) is 0 Å². The SMILES string of the molecule is CC(CO)SCC1(CO)COC1. The Kier molecular flexibility index (Phi) is 3.83. The molecule has 1 rings (SSSR count). The van der Waals surface area contributed by atoms with E-state index in [0.717, 1.165) is 5.75 Å². The zero-order valence-electron chi connectivity index (χ0n) is 7.32. The van der Waals surface area contributed by atoms with Crippen LogP contribution in [0.2, 0.25) is 0 Å². The Morgan fingerprint density at radius 1 is 1.50 bits per heavy atom. The molecule has 1 unspecified atom stereocenters. The van der Waals surface area contributed by atoms with Gasteiger partial charge in [-0.05, 0) is 0 Å². The molecule has 72 valence electrons. The molecule has 4 heteroatoms. The molecule has 0 aromatic carbocycles. The minimum Gasteiger partial charge on any atom is -0.396 e. The fraction of sp³-hybridized carbons (Fsp3) is 1.00. The fourth-order valence-electron chi connectivity index (χ4n) is 0.983. The van der Waals surface area contributed by atoms with Crippen LogP contribution in [0.1, 0.15) is 6.92 Å². The highest BCUT2D eigenvalue weighted by Crippen LogP contribution is 2.32. The molecule has 0 aliphatic carbocycles. The van der Waals surface area contributed by atoms with Gasteiger partial charge in [-0.25, -0.2) is 0 Å². The van der Waals surface area contributed by atoms with Crippen LogP contribution in [0.4, 0.5) is 0 Å². The van der Waals surface area contributed by atoms with Crippen LogP contribution in [0.15, 0.2) is 0 Å². The van der Waals surface area contributed by atoms with Crippen molar-refractivity contribution in [2.75, 3.05) is 32.2 Å². The Morgan fingerprint density at radius 2 is 2.17 bits per heavy atom. The van der Waals surface area contributed by atoms with Gasteiger partial charge in [-0.2, -0.15) is 11.8 Å². The van der Waals surface area contributed by atoms with Crippen LogP contribution in [-0.2, 0) is 4.74 Å². The quantitative estimate of drug-likeness (QED) is 0.649. The lowest BCUT2D eigenvalue weighted by Crippen LogP contribution is -2.48. The highest BCUT2D eigenvalue weighted by Gasteiger charge is 2.38. The molecule has 1 aliphatic heterocycles. The summed E-state index contributed by atoms with van der Waals surface area (Å²) in [5, 5.41) is 18.1. The maximum atomic E-state index is 9.07. The van der Waals surface area contributed by atoms with Gasteiger partial charge in [0.25, 0.3) is 0 Å². The summed E-state index contributed by atoms with van der Waals surface area (Å²) < 4.78 is 5.06. The molecule has 0 spiro atoms. The molecule has 0 aromatic rings. The van der Waals surface area contributed by atoms with E-state index in [1.165, 1.54) is 0 Å². The van der Waals surface area contributed by atoms with E-state index in [4.69, 9.17) is 14.9 Å². The standard InChI is InChI=1S/C8H16O3S/c1-7(2-9)12-6-8(3-10)4-11-5-8/h7,9-10H,2-6H2,1H3. The van der Waals surface area contributed by atoms with Crippen LogP contribution in [0, 0.1) is 5.41 Å². The maximum Gasteiger partial charge on any atom is 0.0575 e. The highest BCUT2D eigenvalue weighted by molar-refractivity contribution is 7.99. The third kappa shape index (κ3) is 2.36. The number of aliphatic hydroxyl groups excluding tert-OH is 2. The molecule has 0 bridgehead atoms. The molecule has 12 heavy (non-hydrogen) atoms. The van der Waals surface area contributed by atoms with E-state index in [2.05, 4.69) is 0 Å². The average molecular weight is 192 g/mol. The smallest absolute Gasteiger partial charge is 0.0575 e. The van der Waals surface area contributed by atoms with Crippen LogP contribution in [0.3, 0.4) is 0 Å². The minimum absolute atomic E-state index is 0.0197. The Balaban J connectivity index is 2.20. The summed E-state index contributed by atoms with van der Waals surface area (Å²) in [4.78, 5) is 0. The first-order valence-corrected chi connectivity index (χ1v) is 5.18. The summed E-state index contributed by atoms with van der Waals surface area (Å²) in [5.74, 6) is 0.880. The normalized spacial score (nSPS) is 23.2. The number of hydrogen-bond donors (Lipinski definition) is 2. The fourth-order valence-corrected chi connectivity index (χ4v) is 1.98. The minimum atomic E-state index is -0.0197. The molecule has 1 fully saturated rings. The van der Waals surface area contributed by atoms with Gasteiger partial charge in [0.1, 0.15) is 0 Å². The van der Waals surface area contributed by atoms with Gasteiger partial charge in [-0.15, -0.1) is 0 Å². The van der Waals surface area contributed by atoms with Gasteiger partial charge >= 0.3 is 0 Å². The zero-order chi connectivity index (χ0) is 9.03. The Morgan fingerprint density at radius 3 is 2.50 bits per heavy atom. The summed E-state index contributed by atoms with van der Waals surface area (Å²) in [6, 6.07) is 0. The van der Waals surface area contributed by atoms with Crippen molar-refractivity contribution >= 4 is 11.8 Å². The largest absolute Gasteiger partial charge is 0.396 e. The Bertz CT molecular complexity index is 131. The second kappa shape index (κ2) is 4.46. The predicted molar refractivity (Wildman–Crippen MR) is 49.3 cm³/mol. The Labute approximate surface area is 77.1 Å². The van der Waals surface area contributed by atoms with Gasteiger partial charge in [0.2, 0.25) is 0 Å². The van der Waals surface area contributed by atoms with Gasteiger partial charge < -0.3 is 14.9 Å². The summed E-state index contributed by atoms with van der Waals surface area (Å²) >= 11 is 1.69. The van der Waals surface area contributed by atoms with E-state index in [0.29, 0.717) is 13.2 Å². The summed E-state index contributed by atoms with van der Waals surface area (Å²) in [5.41, 5.74) is -0.0197. The third-order valence-electron chi connectivity index (χ3n) is 2.08. The van der Waals surface area contributed by atoms with E-state index in [-0.39, 0.29) is 23.9 Å². The van der Waals surface area contributed by atoms with E-state index in [9.17, 15) is 0 Å². The number of thioether (sulfide) groups is 1. The number of aliphatic hydroxyl groups is 2. The molecule has 0 saturated carbocycles. The van der Waals surface area contributed by atoms with Gasteiger partial charge in [0.05, 0.1) is 26.4 Å². The van der Waals surface area contributed by atoms with Gasteiger partial charge in [0.15, 0.2) is 0 Å². The van der Waals surface area contributed by atoms with E-state index >= 15 is 0 Å². The first-order chi connectivity index (χ1) is 5.72. The molecule has 1 heterocycles. The molecular weight excluding hydrogens is 176 g/mol. The molecule has 3 nitrogen and oxygen atoms in total. The van der Waals surface area contributed by atoms with Crippen molar-refractivity contribution in [1.82, 2.24) is 0 Å². The summed E-state index contributed by atoms with van der Waals surface area (Å²) in [6.45, 7) is 3.70. The van der Waals surface area contributed by atoms with Crippen molar-refractivity contribution in [2.24, 2.45) is 5.41 Å². The Hall–Kier alpha value is 0.230. The van der Waals surface area contributed by atoms with E-state index in [1.54, 1.807) is 11.8 Å². The topological polar surface area (TPSA) is 49.7 Å². The van der Waals surface area contributed by atoms with Crippen LogP contribution in [-0.4, -0.2) is 47.6 Å². The average Bonchev–Trinajstić information content (AvgIpc) is 2.03. The van der Waals surface area contributed by atoms with Crippen molar-refractivity contribution in [3.8, 4) is 0 Å². The number of hydrogen-bond acceptors (Lipinski definition) is 4. The highest BCUT2D eigenvalue weighted by atomic mass is 32.2. The zero-order valence-corrected chi connectivity index (χ0v) is 8.14. The lowest BCUT2D eigenvalue weighted by Gasteiger charge is -2.40. The van der Waals surface area contributed by atoms with Crippen LogP contribution >= 0.6 is 11.8 Å². The molecule has 2 N–H and O–H groups in total. The summed E-state index contributed by atoms with van der Waals surface area (Å²) in [7, 11) is 0.